The molecule has 1 aromatic heterocycles. The monoisotopic (exact) mass is 666 g/mol. The molecule has 0 N–H and O–H groups in total. The molecule has 0 aliphatic rings. The first-order chi connectivity index (χ1) is 24.8. The molecular formula is C46H47BN2Si. The Morgan fingerprint density at radius 1 is 0.560 bits per heavy atom. The smallest absolute Gasteiger partial charge is 0.241 e. The van der Waals surface area contributed by atoms with Gasteiger partial charge in [-0.25, -0.2) is 4.98 Å². The lowest BCUT2D eigenvalue weighted by Gasteiger charge is -2.37. The molecule has 7 aromatic rings. The van der Waals surface area contributed by atoms with Gasteiger partial charge in [0.05, 0.1) is 21.0 Å². The molecule has 248 valence electrons. The number of nitrogens with zero attached hydrogens (tertiary/aromatic N) is 2. The first-order valence-corrected chi connectivity index (χ1v) is 19.5. The summed E-state index contributed by atoms with van der Waals surface area (Å²) in [6, 6.07) is 63.3. The van der Waals surface area contributed by atoms with Crippen molar-refractivity contribution in [1.82, 2.24) is 9.55 Å². The minimum Gasteiger partial charge on any atom is -0.326 e. The van der Waals surface area contributed by atoms with E-state index in [4.69, 9.17) is 0 Å². The third kappa shape index (κ3) is 8.69. The Labute approximate surface area is 301 Å². The number of hydrogen-bond acceptors (Lipinski definition) is 1. The number of hydrogen-bond donors (Lipinski definition) is 0. The van der Waals surface area contributed by atoms with E-state index in [1.54, 1.807) is 0 Å². The van der Waals surface area contributed by atoms with Crippen molar-refractivity contribution in [3.63, 3.8) is 0 Å². The first kappa shape index (κ1) is 34.7. The normalized spacial score (nSPS) is 11.2. The zero-order chi connectivity index (χ0) is 34.3. The zero-order valence-corrected chi connectivity index (χ0v) is 30.6. The van der Waals surface area contributed by atoms with Crippen LogP contribution in [0.4, 0.5) is 0 Å². The maximum Gasteiger partial charge on any atom is 0.241 e. The fourth-order valence-electron chi connectivity index (χ4n) is 7.13. The Morgan fingerprint density at radius 3 is 1.52 bits per heavy atom. The van der Waals surface area contributed by atoms with Gasteiger partial charge in [-0.3, -0.25) is 0 Å². The van der Waals surface area contributed by atoms with Crippen LogP contribution in [0.1, 0.15) is 49.3 Å². The number of aryl methyl sites for hydroxylation is 1. The third-order valence-corrected chi connectivity index (χ3v) is 12.2. The van der Waals surface area contributed by atoms with Gasteiger partial charge in [0, 0.05) is 12.4 Å². The van der Waals surface area contributed by atoms with E-state index < -0.39 is 9.52 Å². The molecule has 0 atom stereocenters. The van der Waals surface area contributed by atoms with Crippen LogP contribution in [0, 0.1) is 0 Å². The van der Waals surface area contributed by atoms with Crippen molar-refractivity contribution in [2.45, 2.75) is 44.2 Å². The molecule has 0 amide bonds. The summed E-state index contributed by atoms with van der Waals surface area (Å²) in [6.07, 6.45) is 12.4. The van der Waals surface area contributed by atoms with Crippen LogP contribution in [0.2, 0.25) is 0 Å². The van der Waals surface area contributed by atoms with E-state index >= 15 is 0 Å². The zero-order valence-electron chi connectivity index (χ0n) is 29.2. The summed E-state index contributed by atoms with van der Waals surface area (Å²) in [7, 11) is -0.801. The minimum atomic E-state index is -0.801. The highest BCUT2D eigenvalue weighted by atomic mass is 28.2. The second kappa shape index (κ2) is 18.0. The summed E-state index contributed by atoms with van der Waals surface area (Å²) in [6.45, 7) is 2.58. The molecule has 7 rings (SSSR count). The largest absolute Gasteiger partial charge is 0.326 e. The molecular weight excluding hydrogens is 619 g/mol. The number of rotatable bonds is 13. The topological polar surface area (TPSA) is 17.8 Å². The van der Waals surface area contributed by atoms with Gasteiger partial charge < -0.3 is 4.57 Å². The maximum atomic E-state index is 4.44. The van der Waals surface area contributed by atoms with E-state index in [1.165, 1.54) is 70.4 Å². The number of imidazole rings is 1. The SMILES string of the molecule is CCCCCCc1cccc([SiH2]C(c2ccccc2)(c2ccccc2)n2ccnc2)c1.c1ccc(B(c2ccccc2)c2ccccc2)cc1. The highest BCUT2D eigenvalue weighted by molar-refractivity contribution is 6.95. The fraction of sp³-hybridized carbons (Fsp3) is 0.152. The Kier molecular flexibility index (Phi) is 12.5. The summed E-state index contributed by atoms with van der Waals surface area (Å²) >= 11 is 0. The number of benzene rings is 6. The quantitative estimate of drug-likeness (QED) is 0.0924. The van der Waals surface area contributed by atoms with Gasteiger partial charge in [0.2, 0.25) is 6.71 Å². The molecule has 1 heterocycles. The van der Waals surface area contributed by atoms with Crippen LogP contribution < -0.4 is 21.6 Å². The molecule has 0 aliphatic carbocycles. The van der Waals surface area contributed by atoms with E-state index in [0.29, 0.717) is 6.71 Å². The number of unbranched alkanes of at least 4 members (excludes halogenated alkanes) is 3. The average molecular weight is 667 g/mol. The van der Waals surface area contributed by atoms with Crippen LogP contribution in [0.25, 0.3) is 0 Å². The van der Waals surface area contributed by atoms with Crippen LogP contribution in [-0.2, 0) is 11.6 Å². The highest BCUT2D eigenvalue weighted by Gasteiger charge is 2.36. The molecule has 0 saturated heterocycles. The van der Waals surface area contributed by atoms with Gasteiger partial charge in [-0.2, -0.15) is 0 Å². The molecule has 2 nitrogen and oxygen atoms in total. The summed E-state index contributed by atoms with van der Waals surface area (Å²) in [5.41, 5.74) is 8.14. The van der Waals surface area contributed by atoms with Crippen molar-refractivity contribution in [2.24, 2.45) is 0 Å². The van der Waals surface area contributed by atoms with Crippen molar-refractivity contribution < 1.29 is 0 Å². The van der Waals surface area contributed by atoms with E-state index in [-0.39, 0.29) is 5.16 Å². The van der Waals surface area contributed by atoms with Gasteiger partial charge in [-0.15, -0.1) is 0 Å². The van der Waals surface area contributed by atoms with Gasteiger partial charge in [0.15, 0.2) is 0 Å². The second-order valence-electron chi connectivity index (χ2n) is 13.0. The van der Waals surface area contributed by atoms with E-state index in [0.717, 1.165) is 0 Å². The second-order valence-corrected chi connectivity index (χ2v) is 15.2. The summed E-state index contributed by atoms with van der Waals surface area (Å²) in [5, 5.41) is 1.29. The van der Waals surface area contributed by atoms with Gasteiger partial charge in [-0.05, 0) is 29.5 Å². The fourth-order valence-corrected chi connectivity index (χ4v) is 9.59. The first-order valence-electron chi connectivity index (χ1n) is 18.1. The third-order valence-electron chi connectivity index (χ3n) is 9.62. The van der Waals surface area contributed by atoms with Gasteiger partial charge >= 0.3 is 0 Å². The van der Waals surface area contributed by atoms with Gasteiger partial charge in [-0.1, -0.05) is 224 Å². The van der Waals surface area contributed by atoms with Crippen molar-refractivity contribution in [2.75, 3.05) is 0 Å². The molecule has 0 bridgehead atoms. The average Bonchev–Trinajstić information content (AvgIpc) is 3.74. The Hall–Kier alpha value is -5.19. The van der Waals surface area contributed by atoms with Crippen molar-refractivity contribution in [3.8, 4) is 0 Å². The molecule has 0 saturated carbocycles. The molecule has 50 heavy (non-hydrogen) atoms. The molecule has 6 aromatic carbocycles. The lowest BCUT2D eigenvalue weighted by molar-refractivity contribution is 0.596. The van der Waals surface area contributed by atoms with Crippen LogP contribution in [0.3, 0.4) is 0 Å². The van der Waals surface area contributed by atoms with E-state index in [2.05, 4.69) is 199 Å². The number of aromatic nitrogens is 2. The van der Waals surface area contributed by atoms with E-state index in [9.17, 15) is 0 Å². The predicted octanol–water partition coefficient (Wildman–Crippen LogP) is 7.45. The Bertz CT molecular complexity index is 1820. The summed E-state index contributed by atoms with van der Waals surface area (Å²) < 4.78 is 2.33. The summed E-state index contributed by atoms with van der Waals surface area (Å²) in [4.78, 5) is 4.44. The highest BCUT2D eigenvalue weighted by Crippen LogP contribution is 2.33. The van der Waals surface area contributed by atoms with Crippen molar-refractivity contribution >= 4 is 37.8 Å². The maximum absolute atomic E-state index is 4.44. The lowest BCUT2D eigenvalue weighted by Crippen LogP contribution is -2.51. The lowest BCUT2D eigenvalue weighted by atomic mass is 9.37. The molecule has 0 spiro atoms. The van der Waals surface area contributed by atoms with Gasteiger partial charge in [0.25, 0.3) is 0 Å². The molecule has 0 aliphatic heterocycles. The van der Waals surface area contributed by atoms with Crippen LogP contribution >= 0.6 is 0 Å². The van der Waals surface area contributed by atoms with Crippen molar-refractivity contribution in [1.29, 1.82) is 0 Å². The van der Waals surface area contributed by atoms with Crippen LogP contribution in [0.15, 0.2) is 195 Å². The standard InChI is InChI=1S/C28H32N2Si.C18H15B/c1-2-3-4-7-13-24-14-12-19-27(22-24)31-28(30-21-20-29-23-30,25-15-8-5-9-16-25)26-17-10-6-11-18-26;1-4-10-16(11-5-1)19(17-12-6-2-7-13-17)18-14-8-3-9-15-18/h5-6,8-12,14-23H,2-4,7,13,31H2,1H3;1-15H. The summed E-state index contributed by atoms with van der Waals surface area (Å²) in [5.74, 6) is 0. The molecule has 0 unspecified atom stereocenters. The molecule has 4 heteroatoms. The predicted molar refractivity (Wildman–Crippen MR) is 218 cm³/mol. The Morgan fingerprint density at radius 2 is 1.06 bits per heavy atom. The van der Waals surface area contributed by atoms with Crippen molar-refractivity contribution in [3.05, 3.63) is 211 Å². The molecule has 0 fully saturated rings. The molecule has 0 radical (unpaired) electrons. The van der Waals surface area contributed by atoms with Crippen LogP contribution in [0.5, 0.6) is 0 Å². The van der Waals surface area contributed by atoms with Crippen LogP contribution in [-0.4, -0.2) is 25.8 Å². The Balaban J connectivity index is 0.000000194. The van der Waals surface area contributed by atoms with E-state index in [1.807, 2.05) is 12.5 Å². The minimum absolute atomic E-state index is 0.208. The van der Waals surface area contributed by atoms with Gasteiger partial charge in [0.1, 0.15) is 0 Å².